The summed E-state index contributed by atoms with van der Waals surface area (Å²) < 4.78 is 52.6. The fourth-order valence-corrected chi connectivity index (χ4v) is 6.09. The van der Waals surface area contributed by atoms with Gasteiger partial charge in [0.1, 0.15) is 19.3 Å². The van der Waals surface area contributed by atoms with Crippen LogP contribution < -0.4 is 20.1 Å². The Morgan fingerprint density at radius 2 is 1.48 bits per heavy atom. The molecule has 2 N–H and O–H groups in total. The largest absolute Gasteiger partial charge is 0.486 e. The highest BCUT2D eigenvalue weighted by molar-refractivity contribution is 7.95. The summed E-state index contributed by atoms with van der Waals surface area (Å²) in [5.74, 6) is -0.152. The summed E-state index contributed by atoms with van der Waals surface area (Å²) in [6.07, 6.45) is 1.71. The van der Waals surface area contributed by atoms with Crippen molar-refractivity contribution in [3.63, 3.8) is 0 Å². The van der Waals surface area contributed by atoms with E-state index >= 15 is 4.39 Å². The van der Waals surface area contributed by atoms with Gasteiger partial charge >= 0.3 is 0 Å². The summed E-state index contributed by atoms with van der Waals surface area (Å²) in [6.45, 7) is 2.70. The lowest BCUT2D eigenvalue weighted by atomic mass is 10.0. The van der Waals surface area contributed by atoms with Crippen LogP contribution in [0.2, 0.25) is 0 Å². The Hall–Kier alpha value is -4.96. The number of carbonyl (C=O) groups excluding carboxylic acids is 2. The monoisotopic (exact) mass is 642 g/mol. The van der Waals surface area contributed by atoms with Crippen molar-refractivity contribution in [2.24, 2.45) is 0 Å². The fraction of sp³-hybridized carbons (Fsp3) is 0.222. The van der Waals surface area contributed by atoms with Crippen LogP contribution in [0.1, 0.15) is 33.5 Å². The summed E-state index contributed by atoms with van der Waals surface area (Å²) in [6, 6.07) is 26.9. The number of amides is 2. The highest BCUT2D eigenvalue weighted by atomic mass is 32.2. The second kappa shape index (κ2) is 14.9. The van der Waals surface area contributed by atoms with Gasteiger partial charge in [0.15, 0.2) is 11.5 Å². The molecule has 0 saturated carbocycles. The molecule has 1 aliphatic heterocycles. The van der Waals surface area contributed by atoms with Crippen LogP contribution in [0, 0.1) is 6.92 Å². The SMILES string of the molecule is Cc1ccc(C[C@H](NC(=O)c2ccc3c(c2)OCCO3)C(=O)N[C@H](/C=C(\F)S(=O)(=O)c2ccccc2)CCc2ccccc2)cc1. The molecular formula is C36H35FN2O6S. The van der Waals surface area contributed by atoms with Gasteiger partial charge in [-0.15, -0.1) is 0 Å². The number of hydrogen-bond donors (Lipinski definition) is 2. The van der Waals surface area contributed by atoms with E-state index in [-0.39, 0.29) is 23.3 Å². The summed E-state index contributed by atoms with van der Waals surface area (Å²) >= 11 is 0. The first-order chi connectivity index (χ1) is 22.2. The average molecular weight is 643 g/mol. The van der Waals surface area contributed by atoms with Gasteiger partial charge in [-0.25, -0.2) is 8.42 Å². The number of fused-ring (bicyclic) bond motifs is 1. The Bertz CT molecular complexity index is 1800. The van der Waals surface area contributed by atoms with Gasteiger partial charge in [0.25, 0.3) is 5.91 Å². The van der Waals surface area contributed by atoms with Gasteiger partial charge in [-0.1, -0.05) is 78.4 Å². The molecule has 1 aliphatic rings. The minimum atomic E-state index is -4.44. The van der Waals surface area contributed by atoms with E-state index in [9.17, 15) is 18.0 Å². The maximum Gasteiger partial charge on any atom is 0.252 e. The van der Waals surface area contributed by atoms with Crippen LogP contribution in [0.4, 0.5) is 4.39 Å². The fourth-order valence-electron chi connectivity index (χ4n) is 5.00. The third kappa shape index (κ3) is 8.39. The van der Waals surface area contributed by atoms with E-state index in [1.54, 1.807) is 24.3 Å². The molecule has 0 saturated heterocycles. The smallest absolute Gasteiger partial charge is 0.252 e. The average Bonchev–Trinajstić information content (AvgIpc) is 3.08. The summed E-state index contributed by atoms with van der Waals surface area (Å²) in [5.41, 5.74) is 3.03. The van der Waals surface area contributed by atoms with Gasteiger partial charge in [0.05, 0.1) is 10.9 Å². The quantitative estimate of drug-likeness (QED) is 0.211. The van der Waals surface area contributed by atoms with Crippen LogP contribution in [-0.4, -0.2) is 45.5 Å². The molecule has 0 unspecified atom stereocenters. The van der Waals surface area contributed by atoms with E-state index in [4.69, 9.17) is 9.47 Å². The van der Waals surface area contributed by atoms with Crippen molar-refractivity contribution in [2.45, 2.75) is 43.2 Å². The number of hydrogen-bond acceptors (Lipinski definition) is 6. The number of aryl methyl sites for hydroxylation is 2. The van der Waals surface area contributed by atoms with E-state index in [2.05, 4.69) is 10.6 Å². The van der Waals surface area contributed by atoms with E-state index in [0.717, 1.165) is 22.8 Å². The molecule has 2 atom stereocenters. The first-order valence-electron chi connectivity index (χ1n) is 15.0. The number of nitrogens with one attached hydrogen (secondary N) is 2. The molecule has 8 nitrogen and oxygen atoms in total. The van der Waals surface area contributed by atoms with E-state index in [1.807, 2.05) is 61.5 Å². The molecule has 4 aromatic rings. The predicted molar refractivity (Wildman–Crippen MR) is 173 cm³/mol. The molecule has 1 heterocycles. The Kier molecular flexibility index (Phi) is 10.5. The van der Waals surface area contributed by atoms with E-state index < -0.39 is 38.9 Å². The van der Waals surface area contributed by atoms with Crippen molar-refractivity contribution in [3.05, 3.63) is 137 Å². The normalized spacial score (nSPS) is 14.2. The zero-order valence-corrected chi connectivity index (χ0v) is 26.1. The molecule has 238 valence electrons. The molecule has 0 fully saturated rings. The predicted octanol–water partition coefficient (Wildman–Crippen LogP) is 5.51. The molecule has 46 heavy (non-hydrogen) atoms. The molecule has 0 aromatic heterocycles. The van der Waals surface area contributed by atoms with Gasteiger partial charge < -0.3 is 20.1 Å². The van der Waals surface area contributed by atoms with Gasteiger partial charge in [0, 0.05) is 12.0 Å². The number of ether oxygens (including phenoxy) is 2. The van der Waals surface area contributed by atoms with Crippen molar-refractivity contribution in [3.8, 4) is 11.5 Å². The van der Waals surface area contributed by atoms with Crippen LogP contribution in [0.3, 0.4) is 0 Å². The van der Waals surface area contributed by atoms with Crippen molar-refractivity contribution in [1.82, 2.24) is 10.6 Å². The summed E-state index contributed by atoms with van der Waals surface area (Å²) in [4.78, 5) is 27.1. The molecule has 0 aliphatic carbocycles. The molecular weight excluding hydrogens is 607 g/mol. The van der Waals surface area contributed by atoms with Crippen LogP contribution in [0.25, 0.3) is 0 Å². The number of sulfone groups is 1. The lowest BCUT2D eigenvalue weighted by Crippen LogP contribution is -2.50. The Balaban J connectivity index is 1.41. The third-order valence-electron chi connectivity index (χ3n) is 7.54. The highest BCUT2D eigenvalue weighted by Gasteiger charge is 2.27. The van der Waals surface area contributed by atoms with Gasteiger partial charge in [0.2, 0.25) is 20.9 Å². The molecule has 0 radical (unpaired) electrons. The van der Waals surface area contributed by atoms with Crippen molar-refractivity contribution < 1.29 is 31.9 Å². The maximum atomic E-state index is 15.5. The number of rotatable bonds is 12. The zero-order valence-electron chi connectivity index (χ0n) is 25.3. The van der Waals surface area contributed by atoms with Crippen molar-refractivity contribution in [2.75, 3.05) is 13.2 Å². The van der Waals surface area contributed by atoms with Crippen LogP contribution in [0.15, 0.2) is 119 Å². The lowest BCUT2D eigenvalue weighted by Gasteiger charge is -2.23. The molecule has 10 heteroatoms. The highest BCUT2D eigenvalue weighted by Crippen LogP contribution is 2.30. The Morgan fingerprint density at radius 3 is 2.17 bits per heavy atom. The van der Waals surface area contributed by atoms with Crippen molar-refractivity contribution >= 4 is 21.7 Å². The Morgan fingerprint density at radius 1 is 0.826 bits per heavy atom. The Labute approximate surface area is 268 Å². The summed E-state index contributed by atoms with van der Waals surface area (Å²) in [7, 11) is -4.44. The zero-order chi connectivity index (χ0) is 32.5. The minimum Gasteiger partial charge on any atom is -0.486 e. The first kappa shape index (κ1) is 32.4. The lowest BCUT2D eigenvalue weighted by molar-refractivity contribution is -0.123. The molecule has 0 spiro atoms. The van der Waals surface area contributed by atoms with Crippen LogP contribution >= 0.6 is 0 Å². The molecule has 4 aromatic carbocycles. The number of benzene rings is 4. The molecule has 5 rings (SSSR count). The molecule has 0 bridgehead atoms. The first-order valence-corrected chi connectivity index (χ1v) is 16.4. The maximum absolute atomic E-state index is 15.5. The summed E-state index contributed by atoms with van der Waals surface area (Å²) in [5, 5.41) is 4.24. The van der Waals surface area contributed by atoms with Crippen LogP contribution in [-0.2, 0) is 27.5 Å². The van der Waals surface area contributed by atoms with Crippen LogP contribution in [0.5, 0.6) is 11.5 Å². The van der Waals surface area contributed by atoms with Gasteiger partial charge in [-0.3, -0.25) is 9.59 Å². The van der Waals surface area contributed by atoms with E-state index in [0.29, 0.717) is 31.1 Å². The van der Waals surface area contributed by atoms with E-state index in [1.165, 1.54) is 24.3 Å². The standard InChI is InChI=1S/C36H35FN2O6S/c1-25-12-14-27(15-13-25)22-31(39-35(40)28-17-19-32-33(23-28)45-21-20-44-32)36(41)38-29(18-16-26-8-4-2-5-9-26)24-34(37)46(42,43)30-10-6-3-7-11-30/h2-15,17,19,23-24,29,31H,16,18,20-22H2,1H3,(H,38,41)(H,39,40)/b34-24+/t29-,31-/m0/s1. The minimum absolute atomic E-state index is 0.141. The van der Waals surface area contributed by atoms with Crippen molar-refractivity contribution in [1.29, 1.82) is 0 Å². The number of carbonyl (C=O) groups is 2. The molecule has 2 amide bonds. The topological polar surface area (TPSA) is 111 Å². The third-order valence-corrected chi connectivity index (χ3v) is 9.09. The van der Waals surface area contributed by atoms with Gasteiger partial charge in [-0.05, 0) is 67.3 Å². The second-order valence-electron chi connectivity index (χ2n) is 11.0. The second-order valence-corrected chi connectivity index (χ2v) is 12.9. The van der Waals surface area contributed by atoms with Gasteiger partial charge in [-0.2, -0.15) is 4.39 Å². The number of halogens is 1.